The van der Waals surface area contributed by atoms with E-state index in [-0.39, 0.29) is 18.1 Å². The van der Waals surface area contributed by atoms with Gasteiger partial charge in [-0.05, 0) is 66.7 Å². The van der Waals surface area contributed by atoms with Crippen molar-refractivity contribution in [3.8, 4) is 11.5 Å². The normalized spacial score (nSPS) is 14.2. The number of carbonyl (C=O) groups excluding carboxylic acids is 3. The zero-order chi connectivity index (χ0) is 26.4. The van der Waals surface area contributed by atoms with E-state index in [0.717, 1.165) is 22.2 Å². The summed E-state index contributed by atoms with van der Waals surface area (Å²) in [6.45, 7) is 2.08. The van der Waals surface area contributed by atoms with Gasteiger partial charge in [0.1, 0.15) is 13.2 Å². The predicted molar refractivity (Wildman–Crippen MR) is 146 cm³/mol. The molecule has 3 aromatic rings. The van der Waals surface area contributed by atoms with Gasteiger partial charge in [0.15, 0.2) is 11.5 Å². The van der Waals surface area contributed by atoms with Crippen LogP contribution in [0.25, 0.3) is 6.08 Å². The molecule has 1 aliphatic heterocycles. The number of benzene rings is 3. The van der Waals surface area contributed by atoms with Crippen LogP contribution in [0, 0.1) is 0 Å². The highest BCUT2D eigenvalue weighted by Crippen LogP contribution is 2.35. The summed E-state index contributed by atoms with van der Waals surface area (Å²) in [4.78, 5) is 38.8. The summed E-state index contributed by atoms with van der Waals surface area (Å²) >= 11 is 13.0. The molecule has 0 aliphatic carbocycles. The number of nitrogens with one attached hydrogen (secondary N) is 1. The minimum atomic E-state index is -0.533. The molecule has 0 spiro atoms. The fraction of sp³-hybridized carbons (Fsp3) is 0.148. The summed E-state index contributed by atoms with van der Waals surface area (Å²) in [7, 11) is 0. The number of ether oxygens (including phenoxy) is 2. The first-order valence-electron chi connectivity index (χ1n) is 11.3. The molecule has 0 atom stereocenters. The highest BCUT2D eigenvalue weighted by Gasteiger charge is 2.36. The van der Waals surface area contributed by atoms with Gasteiger partial charge in [0.25, 0.3) is 11.1 Å². The highest BCUT2D eigenvalue weighted by atomic mass is 35.5. The van der Waals surface area contributed by atoms with Gasteiger partial charge in [-0.1, -0.05) is 53.5 Å². The Morgan fingerprint density at radius 1 is 1.00 bits per heavy atom. The zero-order valence-electron chi connectivity index (χ0n) is 19.7. The molecule has 3 aromatic carbocycles. The van der Waals surface area contributed by atoms with Crippen LogP contribution in [0.1, 0.15) is 18.1 Å². The molecule has 1 heterocycles. The van der Waals surface area contributed by atoms with Crippen LogP contribution in [0.4, 0.5) is 10.5 Å². The number of amides is 3. The number of halogens is 2. The third-order valence-corrected chi connectivity index (χ3v) is 6.69. The van der Waals surface area contributed by atoms with Crippen LogP contribution in [-0.4, -0.2) is 35.1 Å². The van der Waals surface area contributed by atoms with Crippen molar-refractivity contribution in [3.63, 3.8) is 0 Å². The quantitative estimate of drug-likeness (QED) is 0.297. The summed E-state index contributed by atoms with van der Waals surface area (Å²) in [6.07, 6.45) is 1.59. The Labute approximate surface area is 228 Å². The van der Waals surface area contributed by atoms with Crippen LogP contribution in [0.2, 0.25) is 10.0 Å². The van der Waals surface area contributed by atoms with Crippen LogP contribution < -0.4 is 14.8 Å². The van der Waals surface area contributed by atoms with Crippen molar-refractivity contribution in [1.29, 1.82) is 0 Å². The van der Waals surface area contributed by atoms with E-state index in [4.69, 9.17) is 32.7 Å². The molecule has 1 fully saturated rings. The van der Waals surface area contributed by atoms with Crippen LogP contribution in [0.15, 0.2) is 71.6 Å². The van der Waals surface area contributed by atoms with Gasteiger partial charge >= 0.3 is 0 Å². The van der Waals surface area contributed by atoms with Crippen LogP contribution >= 0.6 is 35.0 Å². The first-order valence-corrected chi connectivity index (χ1v) is 12.8. The van der Waals surface area contributed by atoms with Gasteiger partial charge in [-0.25, -0.2) is 0 Å². The molecule has 0 bridgehead atoms. The van der Waals surface area contributed by atoms with Gasteiger partial charge in [0, 0.05) is 21.3 Å². The molecule has 190 valence electrons. The zero-order valence-corrected chi connectivity index (χ0v) is 22.0. The maximum atomic E-state index is 12.9. The molecule has 37 heavy (non-hydrogen) atoms. The van der Waals surface area contributed by atoms with Crippen molar-refractivity contribution in [2.24, 2.45) is 0 Å². The van der Waals surface area contributed by atoms with E-state index >= 15 is 0 Å². The minimum absolute atomic E-state index is 0.208. The molecular formula is C27H22Cl2N2O5S. The first kappa shape index (κ1) is 26.6. The van der Waals surface area contributed by atoms with Crippen LogP contribution in [0.5, 0.6) is 11.5 Å². The lowest BCUT2D eigenvalue weighted by molar-refractivity contribution is -0.127. The van der Waals surface area contributed by atoms with Gasteiger partial charge in [-0.3, -0.25) is 19.3 Å². The third kappa shape index (κ3) is 6.85. The molecule has 1 saturated heterocycles. The lowest BCUT2D eigenvalue weighted by atomic mass is 10.1. The third-order valence-electron chi connectivity index (χ3n) is 5.20. The number of para-hydroxylation sites is 1. The van der Waals surface area contributed by atoms with Crippen molar-refractivity contribution < 1.29 is 23.9 Å². The SMILES string of the molecule is CCOc1cc(/C=C2/SC(=O)N(CC(=O)Nc3ccccc3)C2=O)ccc1OCc1ccc(Cl)cc1Cl. The number of hydrogen-bond acceptors (Lipinski definition) is 6. The molecule has 0 aromatic heterocycles. The standard InChI is InChI=1S/C27H22Cl2N2O5S/c1-2-35-23-12-17(8-11-22(23)36-16-18-9-10-19(28)14-21(18)29)13-24-26(33)31(27(34)37-24)15-25(32)30-20-6-4-3-5-7-20/h3-14H,2,15-16H2,1H3,(H,30,32)/b24-13+. The molecule has 3 amide bonds. The Hall–Kier alpha value is -3.46. The monoisotopic (exact) mass is 556 g/mol. The van der Waals surface area contributed by atoms with E-state index < -0.39 is 17.1 Å². The first-order chi connectivity index (χ1) is 17.8. The van der Waals surface area contributed by atoms with Crippen molar-refractivity contribution in [2.45, 2.75) is 13.5 Å². The average molecular weight is 557 g/mol. The number of carbonyl (C=O) groups is 3. The van der Waals surface area contributed by atoms with Gasteiger partial charge in [0.2, 0.25) is 5.91 Å². The maximum Gasteiger partial charge on any atom is 0.294 e. The summed E-state index contributed by atoms with van der Waals surface area (Å²) in [6, 6.07) is 19.2. The molecule has 10 heteroatoms. The van der Waals surface area contributed by atoms with Gasteiger partial charge in [-0.2, -0.15) is 0 Å². The Morgan fingerprint density at radius 3 is 2.51 bits per heavy atom. The van der Waals surface area contributed by atoms with Crippen molar-refractivity contribution in [3.05, 3.63) is 92.8 Å². The summed E-state index contributed by atoms with van der Waals surface area (Å²) < 4.78 is 11.6. The molecule has 0 saturated carbocycles. The van der Waals surface area contributed by atoms with Crippen LogP contribution in [0.3, 0.4) is 0 Å². The van der Waals surface area contributed by atoms with Gasteiger partial charge in [-0.15, -0.1) is 0 Å². The van der Waals surface area contributed by atoms with E-state index in [1.165, 1.54) is 0 Å². The summed E-state index contributed by atoms with van der Waals surface area (Å²) in [5.41, 5.74) is 1.99. The maximum absolute atomic E-state index is 12.9. The number of hydrogen-bond donors (Lipinski definition) is 1. The molecular weight excluding hydrogens is 535 g/mol. The molecule has 7 nitrogen and oxygen atoms in total. The second-order valence-electron chi connectivity index (χ2n) is 7.85. The van der Waals surface area contributed by atoms with Gasteiger partial charge in [0.05, 0.1) is 11.5 Å². The van der Waals surface area contributed by atoms with Crippen LogP contribution in [-0.2, 0) is 16.2 Å². The van der Waals surface area contributed by atoms with Crippen molar-refractivity contribution in [1.82, 2.24) is 4.90 Å². The Bertz CT molecular complexity index is 1360. The number of rotatable bonds is 9. The van der Waals surface area contributed by atoms with E-state index in [9.17, 15) is 14.4 Å². The molecule has 0 unspecified atom stereocenters. The van der Waals surface area contributed by atoms with Gasteiger partial charge < -0.3 is 14.8 Å². The average Bonchev–Trinajstić information content (AvgIpc) is 3.12. The van der Waals surface area contributed by atoms with E-state index in [0.29, 0.717) is 39.4 Å². The lowest BCUT2D eigenvalue weighted by Crippen LogP contribution is -2.36. The van der Waals surface area contributed by atoms with E-state index in [2.05, 4.69) is 5.32 Å². The molecule has 0 radical (unpaired) electrons. The molecule has 1 N–H and O–H groups in total. The number of imide groups is 1. The van der Waals surface area contributed by atoms with Crippen molar-refractivity contribution >= 4 is 63.8 Å². The smallest absolute Gasteiger partial charge is 0.294 e. The fourth-order valence-electron chi connectivity index (χ4n) is 3.45. The Balaban J connectivity index is 1.46. The Kier molecular flexibility index (Phi) is 8.76. The second-order valence-corrected chi connectivity index (χ2v) is 9.68. The highest BCUT2D eigenvalue weighted by molar-refractivity contribution is 8.18. The largest absolute Gasteiger partial charge is 0.490 e. The van der Waals surface area contributed by atoms with E-state index in [1.807, 2.05) is 13.0 Å². The molecule has 4 rings (SSSR count). The fourth-order valence-corrected chi connectivity index (χ4v) is 4.75. The number of anilines is 1. The number of thioether (sulfide) groups is 1. The minimum Gasteiger partial charge on any atom is -0.490 e. The molecule has 1 aliphatic rings. The summed E-state index contributed by atoms with van der Waals surface area (Å²) in [5, 5.41) is 3.20. The number of nitrogens with zero attached hydrogens (tertiary/aromatic N) is 1. The lowest BCUT2D eigenvalue weighted by Gasteiger charge is -2.14. The topological polar surface area (TPSA) is 84.9 Å². The predicted octanol–water partition coefficient (Wildman–Crippen LogP) is 6.65. The van der Waals surface area contributed by atoms with E-state index in [1.54, 1.807) is 66.7 Å². The second kappa shape index (κ2) is 12.2. The Morgan fingerprint density at radius 2 is 1.78 bits per heavy atom. The summed E-state index contributed by atoms with van der Waals surface area (Å²) in [5.74, 6) is -0.0249. The van der Waals surface area contributed by atoms with Crippen molar-refractivity contribution in [2.75, 3.05) is 18.5 Å².